The molecular formula is C26H27FN2O4. The molecule has 172 valence electrons. The molecule has 1 saturated carbocycles. The highest BCUT2D eigenvalue weighted by atomic mass is 19.1. The normalized spacial score (nSPS) is 13.9. The molecule has 0 saturated heterocycles. The molecule has 1 aliphatic carbocycles. The fourth-order valence-electron chi connectivity index (χ4n) is 3.53. The van der Waals surface area contributed by atoms with E-state index in [1.165, 1.54) is 19.2 Å². The van der Waals surface area contributed by atoms with Crippen molar-refractivity contribution in [1.29, 1.82) is 0 Å². The van der Waals surface area contributed by atoms with Crippen molar-refractivity contribution in [3.8, 4) is 22.6 Å². The molecule has 0 atom stereocenters. The van der Waals surface area contributed by atoms with Crippen molar-refractivity contribution in [1.82, 2.24) is 10.3 Å². The van der Waals surface area contributed by atoms with Gasteiger partial charge in [0, 0.05) is 29.9 Å². The van der Waals surface area contributed by atoms with Gasteiger partial charge in [0.25, 0.3) is 5.91 Å². The predicted octanol–water partition coefficient (Wildman–Crippen LogP) is 4.50. The van der Waals surface area contributed by atoms with Gasteiger partial charge in [-0.15, -0.1) is 0 Å². The average molecular weight is 451 g/mol. The first kappa shape index (κ1) is 22.7. The second-order valence-corrected chi connectivity index (χ2v) is 8.65. The van der Waals surface area contributed by atoms with Crippen molar-refractivity contribution >= 4 is 5.91 Å². The molecule has 1 fully saturated rings. The van der Waals surface area contributed by atoms with Crippen LogP contribution in [-0.4, -0.2) is 29.7 Å². The molecule has 1 aromatic heterocycles. The number of aliphatic hydroxyl groups is 1. The van der Waals surface area contributed by atoms with Crippen molar-refractivity contribution < 1.29 is 23.8 Å². The van der Waals surface area contributed by atoms with Gasteiger partial charge < -0.3 is 19.9 Å². The van der Waals surface area contributed by atoms with Crippen LogP contribution in [0.1, 0.15) is 41.3 Å². The van der Waals surface area contributed by atoms with E-state index in [1.807, 2.05) is 6.07 Å². The molecule has 3 aromatic rings. The number of amides is 1. The number of ether oxygens (including phenoxy) is 2. The number of aromatic nitrogens is 1. The third kappa shape index (κ3) is 5.31. The van der Waals surface area contributed by atoms with Gasteiger partial charge in [0.05, 0.1) is 25.9 Å². The van der Waals surface area contributed by atoms with Crippen LogP contribution in [0.3, 0.4) is 0 Å². The van der Waals surface area contributed by atoms with E-state index in [0.717, 1.165) is 24.0 Å². The average Bonchev–Trinajstić information content (AvgIpc) is 3.58. The zero-order valence-corrected chi connectivity index (χ0v) is 18.7. The fourth-order valence-corrected chi connectivity index (χ4v) is 3.53. The van der Waals surface area contributed by atoms with E-state index in [0.29, 0.717) is 29.0 Å². The molecule has 1 aliphatic rings. The molecule has 6 nitrogen and oxygen atoms in total. The van der Waals surface area contributed by atoms with Gasteiger partial charge in [0.2, 0.25) is 0 Å². The highest BCUT2D eigenvalue weighted by molar-refractivity contribution is 5.98. The van der Waals surface area contributed by atoms with Crippen LogP contribution in [0.4, 0.5) is 4.39 Å². The number of carbonyl (C=O) groups is 1. The van der Waals surface area contributed by atoms with Crippen LogP contribution in [0, 0.1) is 11.2 Å². The van der Waals surface area contributed by atoms with Gasteiger partial charge in [-0.25, -0.2) is 4.39 Å². The van der Waals surface area contributed by atoms with Crippen LogP contribution in [0.25, 0.3) is 11.1 Å². The van der Waals surface area contributed by atoms with Crippen molar-refractivity contribution in [3.05, 3.63) is 77.4 Å². The Morgan fingerprint density at radius 3 is 2.67 bits per heavy atom. The lowest BCUT2D eigenvalue weighted by Gasteiger charge is -2.16. The van der Waals surface area contributed by atoms with Crippen LogP contribution in [0.2, 0.25) is 0 Å². The summed E-state index contributed by atoms with van der Waals surface area (Å²) in [6.07, 6.45) is 5.48. The molecule has 1 amide bonds. The van der Waals surface area contributed by atoms with Crippen LogP contribution < -0.4 is 14.8 Å². The Kier molecular flexibility index (Phi) is 6.60. The summed E-state index contributed by atoms with van der Waals surface area (Å²) in [5, 5.41) is 12.5. The summed E-state index contributed by atoms with van der Waals surface area (Å²) in [7, 11) is 1.40. The summed E-state index contributed by atoms with van der Waals surface area (Å²) in [5.41, 5.74) is 3.34. The highest BCUT2D eigenvalue weighted by Crippen LogP contribution is 2.45. The topological polar surface area (TPSA) is 80.7 Å². The number of benzene rings is 2. The van der Waals surface area contributed by atoms with Gasteiger partial charge >= 0.3 is 0 Å². The summed E-state index contributed by atoms with van der Waals surface area (Å²) in [6.45, 7) is 2.70. The number of hydrogen-bond acceptors (Lipinski definition) is 5. The monoisotopic (exact) mass is 450 g/mol. The summed E-state index contributed by atoms with van der Waals surface area (Å²) < 4.78 is 25.0. The van der Waals surface area contributed by atoms with Gasteiger partial charge in [0.1, 0.15) is 5.75 Å². The Balaban J connectivity index is 1.59. The summed E-state index contributed by atoms with van der Waals surface area (Å²) in [4.78, 5) is 17.3. The maximum Gasteiger partial charge on any atom is 0.255 e. The Hall–Kier alpha value is -3.45. The van der Waals surface area contributed by atoms with E-state index in [9.17, 15) is 14.3 Å². The predicted molar refractivity (Wildman–Crippen MR) is 123 cm³/mol. The number of aliphatic hydroxyl groups excluding tert-OH is 1. The van der Waals surface area contributed by atoms with Crippen LogP contribution >= 0.6 is 0 Å². The second kappa shape index (κ2) is 9.58. The quantitative estimate of drug-likeness (QED) is 0.502. The largest absolute Gasteiger partial charge is 0.494 e. The van der Waals surface area contributed by atoms with Gasteiger partial charge in [-0.1, -0.05) is 19.1 Å². The number of halogens is 1. The van der Waals surface area contributed by atoms with Crippen LogP contribution in [0.5, 0.6) is 11.5 Å². The standard InChI is InChI=1S/C26H27FN2O4/c1-26(8-9-26)16-33-23-6-4-18(21-14-28-10-7-19(21)15-30)12-20(23)25(31)29-13-17-3-5-24(32-2)22(27)11-17/h3-7,10-12,14,30H,8-9,13,15-16H2,1-2H3,(H,29,31). The fraction of sp³-hybridized carbons (Fsp3) is 0.308. The number of methoxy groups -OCH3 is 1. The Labute approximate surface area is 192 Å². The first-order valence-corrected chi connectivity index (χ1v) is 10.8. The van der Waals surface area contributed by atoms with E-state index in [2.05, 4.69) is 17.2 Å². The third-order valence-electron chi connectivity index (χ3n) is 5.97. The molecule has 2 aromatic carbocycles. The van der Waals surface area contributed by atoms with Crippen LogP contribution in [-0.2, 0) is 13.2 Å². The molecule has 7 heteroatoms. The Morgan fingerprint density at radius 1 is 1.18 bits per heavy atom. The minimum atomic E-state index is -0.485. The molecule has 2 N–H and O–H groups in total. The Morgan fingerprint density at radius 2 is 1.97 bits per heavy atom. The molecule has 33 heavy (non-hydrogen) atoms. The van der Waals surface area contributed by atoms with E-state index < -0.39 is 5.82 Å². The van der Waals surface area contributed by atoms with Crippen molar-refractivity contribution in [2.75, 3.05) is 13.7 Å². The van der Waals surface area contributed by atoms with E-state index in [4.69, 9.17) is 9.47 Å². The van der Waals surface area contributed by atoms with E-state index in [1.54, 1.807) is 36.7 Å². The lowest BCUT2D eigenvalue weighted by Crippen LogP contribution is -2.24. The molecule has 4 rings (SSSR count). The third-order valence-corrected chi connectivity index (χ3v) is 5.97. The molecule has 0 radical (unpaired) electrons. The van der Waals surface area contributed by atoms with Crippen molar-refractivity contribution in [3.63, 3.8) is 0 Å². The van der Waals surface area contributed by atoms with Crippen molar-refractivity contribution in [2.24, 2.45) is 5.41 Å². The summed E-state index contributed by atoms with van der Waals surface area (Å²) in [6, 6.07) is 11.7. The maximum absolute atomic E-state index is 14.0. The van der Waals surface area contributed by atoms with E-state index >= 15 is 0 Å². The molecule has 0 bridgehead atoms. The number of carbonyl (C=O) groups excluding carboxylic acids is 1. The van der Waals surface area contributed by atoms with Gasteiger partial charge in [-0.3, -0.25) is 9.78 Å². The highest BCUT2D eigenvalue weighted by Gasteiger charge is 2.38. The maximum atomic E-state index is 14.0. The summed E-state index contributed by atoms with van der Waals surface area (Å²) >= 11 is 0. The zero-order chi connectivity index (χ0) is 23.4. The SMILES string of the molecule is COc1ccc(CNC(=O)c2cc(-c3cnccc3CO)ccc2OCC2(C)CC2)cc1F. The molecular weight excluding hydrogens is 423 g/mol. The minimum absolute atomic E-state index is 0.140. The van der Waals surface area contributed by atoms with Gasteiger partial charge in [-0.2, -0.15) is 0 Å². The number of pyridine rings is 1. The second-order valence-electron chi connectivity index (χ2n) is 8.65. The molecule has 0 aliphatic heterocycles. The smallest absolute Gasteiger partial charge is 0.255 e. The number of hydrogen-bond donors (Lipinski definition) is 2. The van der Waals surface area contributed by atoms with Crippen LogP contribution in [0.15, 0.2) is 54.9 Å². The van der Waals surface area contributed by atoms with Gasteiger partial charge in [0.15, 0.2) is 11.6 Å². The van der Waals surface area contributed by atoms with E-state index in [-0.39, 0.29) is 30.2 Å². The first-order valence-electron chi connectivity index (χ1n) is 10.8. The lowest BCUT2D eigenvalue weighted by atomic mass is 9.99. The Bertz CT molecular complexity index is 1160. The lowest BCUT2D eigenvalue weighted by molar-refractivity contribution is 0.0945. The molecule has 1 heterocycles. The zero-order valence-electron chi connectivity index (χ0n) is 18.7. The van der Waals surface area contributed by atoms with Crippen molar-refractivity contribution in [2.45, 2.75) is 32.9 Å². The number of rotatable bonds is 9. The summed E-state index contributed by atoms with van der Waals surface area (Å²) in [5.74, 6) is -0.183. The molecule has 0 unspecified atom stereocenters. The first-order chi connectivity index (χ1) is 15.9. The number of nitrogens with zero attached hydrogens (tertiary/aromatic N) is 1. The number of nitrogens with one attached hydrogen (secondary N) is 1. The minimum Gasteiger partial charge on any atom is -0.494 e. The van der Waals surface area contributed by atoms with Gasteiger partial charge in [-0.05, 0) is 59.9 Å². The molecule has 0 spiro atoms.